The van der Waals surface area contributed by atoms with Crippen molar-refractivity contribution in [2.45, 2.75) is 13.1 Å². The Kier molecular flexibility index (Phi) is 6.17. The average Bonchev–Trinajstić information content (AvgIpc) is 2.82. The van der Waals surface area contributed by atoms with Gasteiger partial charge in [-0.15, -0.1) is 0 Å². The fourth-order valence-corrected chi connectivity index (χ4v) is 3.76. The van der Waals surface area contributed by atoms with Crippen LogP contribution in [-0.4, -0.2) is 59.5 Å². The predicted octanol–water partition coefficient (Wildman–Crippen LogP) is 3.79. The second-order valence-corrected chi connectivity index (χ2v) is 7.43. The minimum absolute atomic E-state index is 0.0674. The molecule has 1 aromatic heterocycles. The van der Waals surface area contributed by atoms with Crippen LogP contribution in [0.4, 0.5) is 19.0 Å². The third-order valence-electron chi connectivity index (χ3n) is 5.35. The Hall–Kier alpha value is -3.69. The van der Waals surface area contributed by atoms with E-state index in [0.29, 0.717) is 16.9 Å². The molecule has 0 spiro atoms. The molecule has 0 aliphatic carbocycles. The number of esters is 1. The lowest BCUT2D eigenvalue weighted by atomic mass is 10.1. The first-order valence-electron chi connectivity index (χ1n) is 10.4. The number of hydrogen-bond donors (Lipinski definition) is 0. The van der Waals surface area contributed by atoms with Gasteiger partial charge >= 0.3 is 12.1 Å². The van der Waals surface area contributed by atoms with Crippen molar-refractivity contribution in [1.82, 2.24) is 14.9 Å². The Bertz CT molecular complexity index is 1190. The first-order chi connectivity index (χ1) is 15.8. The lowest BCUT2D eigenvalue weighted by Gasteiger charge is -2.36. The normalized spacial score (nSPS) is 14.4. The minimum atomic E-state index is -4.62. The molecule has 10 heteroatoms. The summed E-state index contributed by atoms with van der Waals surface area (Å²) in [7, 11) is 0. The van der Waals surface area contributed by atoms with Crippen molar-refractivity contribution in [2.75, 3.05) is 37.7 Å². The second-order valence-electron chi connectivity index (χ2n) is 7.43. The monoisotopic (exact) mass is 458 g/mol. The highest BCUT2D eigenvalue weighted by molar-refractivity contribution is 5.97. The van der Waals surface area contributed by atoms with Crippen LogP contribution in [-0.2, 0) is 10.9 Å². The van der Waals surface area contributed by atoms with Crippen LogP contribution < -0.4 is 4.90 Å². The van der Waals surface area contributed by atoms with Gasteiger partial charge in [-0.2, -0.15) is 13.2 Å². The molecule has 1 fully saturated rings. The number of halogens is 3. The van der Waals surface area contributed by atoms with E-state index < -0.39 is 23.6 Å². The third-order valence-corrected chi connectivity index (χ3v) is 5.35. The summed E-state index contributed by atoms with van der Waals surface area (Å²) in [5, 5.41) is 0. The van der Waals surface area contributed by atoms with E-state index in [1.54, 1.807) is 36.1 Å². The first kappa shape index (κ1) is 22.5. The van der Waals surface area contributed by atoms with Gasteiger partial charge < -0.3 is 14.5 Å². The zero-order chi connectivity index (χ0) is 23.6. The topological polar surface area (TPSA) is 75.6 Å². The highest BCUT2D eigenvalue weighted by Gasteiger charge is 2.36. The molecule has 0 unspecified atom stereocenters. The molecule has 1 amide bonds. The van der Waals surface area contributed by atoms with Gasteiger partial charge in [0.2, 0.25) is 0 Å². The van der Waals surface area contributed by atoms with Gasteiger partial charge in [0, 0.05) is 26.2 Å². The summed E-state index contributed by atoms with van der Waals surface area (Å²) in [5.41, 5.74) is -0.128. The fraction of sp³-hybridized carbons (Fsp3) is 0.304. The molecule has 2 heterocycles. The molecule has 1 saturated heterocycles. The number of amides is 1. The van der Waals surface area contributed by atoms with Crippen molar-refractivity contribution < 1.29 is 27.5 Å². The summed E-state index contributed by atoms with van der Waals surface area (Å²) in [4.78, 5) is 37.6. The van der Waals surface area contributed by atoms with Gasteiger partial charge in [0.05, 0.1) is 28.8 Å². The molecule has 1 aliphatic heterocycles. The maximum absolute atomic E-state index is 13.3. The van der Waals surface area contributed by atoms with Crippen LogP contribution in [0.15, 0.2) is 48.5 Å². The number of alkyl halides is 3. The number of carbonyl (C=O) groups excluding carboxylic acids is 2. The Morgan fingerprint density at radius 1 is 0.939 bits per heavy atom. The standard InChI is InChI=1S/C23H21F3N4O3/c1-2-33-22(32)19-20(28-18-10-6-5-9-17(18)27-19)29-11-13-30(14-12-29)21(31)15-7-3-4-8-16(15)23(24,25)26/h3-10H,2,11-14H2,1H3. The van der Waals surface area contributed by atoms with Gasteiger partial charge in [-0.25, -0.2) is 14.8 Å². The summed E-state index contributed by atoms with van der Waals surface area (Å²) in [6.45, 7) is 2.76. The minimum Gasteiger partial charge on any atom is -0.461 e. The van der Waals surface area contributed by atoms with E-state index in [-0.39, 0.29) is 44.0 Å². The number of rotatable bonds is 4. The number of piperazine rings is 1. The van der Waals surface area contributed by atoms with E-state index in [1.807, 2.05) is 0 Å². The molecule has 33 heavy (non-hydrogen) atoms. The van der Waals surface area contributed by atoms with Crippen LogP contribution >= 0.6 is 0 Å². The van der Waals surface area contributed by atoms with Crippen LogP contribution in [0.1, 0.15) is 33.3 Å². The van der Waals surface area contributed by atoms with Crippen LogP contribution in [0.2, 0.25) is 0 Å². The molecule has 7 nitrogen and oxygen atoms in total. The molecule has 0 saturated carbocycles. The van der Waals surface area contributed by atoms with Crippen molar-refractivity contribution in [2.24, 2.45) is 0 Å². The van der Waals surface area contributed by atoms with Gasteiger partial charge in [0.1, 0.15) is 0 Å². The summed E-state index contributed by atoms with van der Waals surface area (Å²) < 4.78 is 45.1. The van der Waals surface area contributed by atoms with Crippen LogP contribution in [0.5, 0.6) is 0 Å². The maximum atomic E-state index is 13.3. The molecule has 0 N–H and O–H groups in total. The van der Waals surface area contributed by atoms with Crippen LogP contribution in [0, 0.1) is 0 Å². The molecule has 1 aliphatic rings. The van der Waals surface area contributed by atoms with Crippen molar-refractivity contribution >= 4 is 28.7 Å². The number of carbonyl (C=O) groups is 2. The van der Waals surface area contributed by atoms with Crippen LogP contribution in [0.3, 0.4) is 0 Å². The van der Waals surface area contributed by atoms with Crippen molar-refractivity contribution in [3.8, 4) is 0 Å². The Morgan fingerprint density at radius 3 is 2.18 bits per heavy atom. The average molecular weight is 458 g/mol. The highest BCUT2D eigenvalue weighted by atomic mass is 19.4. The fourth-order valence-electron chi connectivity index (χ4n) is 3.76. The second kappa shape index (κ2) is 9.05. The van der Waals surface area contributed by atoms with E-state index in [4.69, 9.17) is 4.74 Å². The molecule has 0 bridgehead atoms. The molecule has 172 valence electrons. The number of fused-ring (bicyclic) bond motifs is 1. The summed E-state index contributed by atoms with van der Waals surface area (Å²) >= 11 is 0. The van der Waals surface area contributed by atoms with E-state index in [9.17, 15) is 22.8 Å². The zero-order valence-corrected chi connectivity index (χ0v) is 17.8. The van der Waals surface area contributed by atoms with Gasteiger partial charge in [0.25, 0.3) is 5.91 Å². The van der Waals surface area contributed by atoms with Crippen molar-refractivity contribution in [3.63, 3.8) is 0 Å². The maximum Gasteiger partial charge on any atom is 0.417 e. The largest absolute Gasteiger partial charge is 0.461 e. The van der Waals surface area contributed by atoms with Gasteiger partial charge in [-0.1, -0.05) is 24.3 Å². The number of aromatic nitrogens is 2. The molecule has 3 aromatic rings. The smallest absolute Gasteiger partial charge is 0.417 e. The van der Waals surface area contributed by atoms with Gasteiger partial charge in [-0.3, -0.25) is 4.79 Å². The van der Waals surface area contributed by atoms with E-state index in [2.05, 4.69) is 9.97 Å². The van der Waals surface area contributed by atoms with E-state index in [0.717, 1.165) is 6.07 Å². The van der Waals surface area contributed by atoms with Gasteiger partial charge in [0.15, 0.2) is 11.5 Å². The molecule has 2 aromatic carbocycles. The number of benzene rings is 2. The van der Waals surface area contributed by atoms with Gasteiger partial charge in [-0.05, 0) is 31.2 Å². The lowest BCUT2D eigenvalue weighted by Crippen LogP contribution is -2.49. The zero-order valence-electron chi connectivity index (χ0n) is 17.8. The number of ether oxygens (including phenoxy) is 1. The van der Waals surface area contributed by atoms with E-state index >= 15 is 0 Å². The van der Waals surface area contributed by atoms with Crippen molar-refractivity contribution in [3.05, 3.63) is 65.4 Å². The Balaban J connectivity index is 1.58. The highest BCUT2D eigenvalue weighted by Crippen LogP contribution is 2.32. The molecule has 4 rings (SSSR count). The van der Waals surface area contributed by atoms with Crippen molar-refractivity contribution in [1.29, 1.82) is 0 Å². The molecular weight excluding hydrogens is 437 g/mol. The third kappa shape index (κ3) is 4.59. The number of anilines is 1. The number of para-hydroxylation sites is 2. The summed E-state index contributed by atoms with van der Waals surface area (Å²) in [5.74, 6) is -0.962. The van der Waals surface area contributed by atoms with E-state index in [1.165, 1.54) is 23.1 Å². The summed E-state index contributed by atoms with van der Waals surface area (Å²) in [6.07, 6.45) is -4.62. The molecule has 0 radical (unpaired) electrons. The lowest BCUT2D eigenvalue weighted by molar-refractivity contribution is -0.138. The number of hydrogen-bond acceptors (Lipinski definition) is 6. The quantitative estimate of drug-likeness (QED) is 0.554. The number of nitrogens with zero attached hydrogens (tertiary/aromatic N) is 4. The molecule has 0 atom stereocenters. The predicted molar refractivity (Wildman–Crippen MR) is 115 cm³/mol. The Labute approximate surface area is 187 Å². The van der Waals surface area contributed by atoms with Crippen LogP contribution in [0.25, 0.3) is 11.0 Å². The molecular formula is C23H21F3N4O3. The Morgan fingerprint density at radius 2 is 1.55 bits per heavy atom. The SMILES string of the molecule is CCOC(=O)c1nc2ccccc2nc1N1CCN(C(=O)c2ccccc2C(F)(F)F)CC1. The first-order valence-corrected chi connectivity index (χ1v) is 10.4. The summed E-state index contributed by atoms with van der Waals surface area (Å²) in [6, 6.07) is 11.9.